The van der Waals surface area contributed by atoms with E-state index in [2.05, 4.69) is 12.6 Å². The molecule has 1 unspecified atom stereocenters. The van der Waals surface area contributed by atoms with Gasteiger partial charge in [0.25, 0.3) is 0 Å². The van der Waals surface area contributed by atoms with Gasteiger partial charge in [-0.2, -0.15) is 12.6 Å². The molecule has 0 aromatic rings. The van der Waals surface area contributed by atoms with E-state index in [0.29, 0.717) is 32.6 Å². The molecule has 5 heteroatoms. The maximum Gasteiger partial charge on any atom is 0.225 e. The summed E-state index contributed by atoms with van der Waals surface area (Å²) in [6.07, 6.45) is 0.473. The van der Waals surface area contributed by atoms with Crippen molar-refractivity contribution < 1.29 is 9.59 Å². The number of nitrogens with zero attached hydrogens (tertiary/aromatic N) is 2. The average molecular weight is 258 g/mol. The number of carbonyl (C=O) groups is 2. The SMILES string of the molecule is CC(S)CC(=O)N1CCN(C(=O)C(C)C)CC1. The molecule has 0 bridgehead atoms. The first-order valence-corrected chi connectivity index (χ1v) is 6.68. The average Bonchev–Trinajstić information content (AvgIpc) is 2.27. The molecule has 17 heavy (non-hydrogen) atoms. The van der Waals surface area contributed by atoms with Crippen LogP contribution in [0.25, 0.3) is 0 Å². The topological polar surface area (TPSA) is 40.6 Å². The normalized spacial score (nSPS) is 18.4. The van der Waals surface area contributed by atoms with Crippen LogP contribution < -0.4 is 0 Å². The Labute approximate surface area is 109 Å². The molecule has 0 saturated carbocycles. The van der Waals surface area contributed by atoms with Gasteiger partial charge in [-0.3, -0.25) is 9.59 Å². The van der Waals surface area contributed by atoms with Gasteiger partial charge in [0.2, 0.25) is 11.8 Å². The lowest BCUT2D eigenvalue weighted by Crippen LogP contribution is -2.51. The molecule has 0 aromatic carbocycles. The summed E-state index contributed by atoms with van der Waals surface area (Å²) < 4.78 is 0. The molecule has 98 valence electrons. The van der Waals surface area contributed by atoms with E-state index < -0.39 is 0 Å². The Hall–Kier alpha value is -0.710. The van der Waals surface area contributed by atoms with Crippen LogP contribution in [0.4, 0.5) is 0 Å². The number of amides is 2. The van der Waals surface area contributed by atoms with Crippen LogP contribution in [0.2, 0.25) is 0 Å². The molecule has 0 radical (unpaired) electrons. The second-order valence-corrected chi connectivity index (χ2v) is 5.80. The standard InChI is InChI=1S/C12H22N2O2S/c1-9(2)12(16)14-6-4-13(5-7-14)11(15)8-10(3)17/h9-10,17H,4-8H2,1-3H3. The van der Waals surface area contributed by atoms with Gasteiger partial charge in [0.15, 0.2) is 0 Å². The van der Waals surface area contributed by atoms with Gasteiger partial charge in [0, 0.05) is 43.8 Å². The number of thiol groups is 1. The maximum atomic E-state index is 11.8. The molecule has 4 nitrogen and oxygen atoms in total. The van der Waals surface area contributed by atoms with Gasteiger partial charge in [-0.25, -0.2) is 0 Å². The van der Waals surface area contributed by atoms with Gasteiger partial charge in [-0.1, -0.05) is 20.8 Å². The zero-order valence-electron chi connectivity index (χ0n) is 10.8. The Balaban J connectivity index is 2.40. The summed E-state index contributed by atoms with van der Waals surface area (Å²) in [4.78, 5) is 27.2. The fourth-order valence-electron chi connectivity index (χ4n) is 1.92. The summed E-state index contributed by atoms with van der Waals surface area (Å²) in [5.41, 5.74) is 0. The molecule has 1 heterocycles. The van der Waals surface area contributed by atoms with E-state index in [1.807, 2.05) is 30.6 Å². The fourth-order valence-corrected chi connectivity index (χ4v) is 2.08. The predicted molar refractivity (Wildman–Crippen MR) is 71.1 cm³/mol. The van der Waals surface area contributed by atoms with E-state index >= 15 is 0 Å². The minimum atomic E-state index is 0.0368. The van der Waals surface area contributed by atoms with E-state index in [4.69, 9.17) is 0 Å². The quantitative estimate of drug-likeness (QED) is 0.768. The van der Waals surface area contributed by atoms with Crippen LogP contribution in [0.1, 0.15) is 27.2 Å². The Morgan fingerprint density at radius 3 is 1.94 bits per heavy atom. The molecule has 1 aliphatic rings. The lowest BCUT2D eigenvalue weighted by Gasteiger charge is -2.35. The van der Waals surface area contributed by atoms with E-state index in [0.717, 1.165) is 0 Å². The molecule has 0 N–H and O–H groups in total. The smallest absolute Gasteiger partial charge is 0.225 e. The van der Waals surface area contributed by atoms with Crippen LogP contribution in [0, 0.1) is 5.92 Å². The van der Waals surface area contributed by atoms with Crippen LogP contribution >= 0.6 is 12.6 Å². The summed E-state index contributed by atoms with van der Waals surface area (Å²) in [6.45, 7) is 8.34. The zero-order valence-corrected chi connectivity index (χ0v) is 11.7. The number of carbonyl (C=O) groups excluding carboxylic acids is 2. The molecule has 1 aliphatic heterocycles. The van der Waals surface area contributed by atoms with Gasteiger partial charge in [-0.15, -0.1) is 0 Å². The largest absolute Gasteiger partial charge is 0.339 e. The molecular formula is C12H22N2O2S. The summed E-state index contributed by atoms with van der Waals surface area (Å²) in [6, 6.07) is 0. The van der Waals surface area contributed by atoms with Gasteiger partial charge in [0.1, 0.15) is 0 Å². The van der Waals surface area contributed by atoms with Crippen molar-refractivity contribution in [3.05, 3.63) is 0 Å². The fraction of sp³-hybridized carbons (Fsp3) is 0.833. The zero-order chi connectivity index (χ0) is 13.0. The summed E-state index contributed by atoms with van der Waals surface area (Å²) in [7, 11) is 0. The number of piperazine rings is 1. The van der Waals surface area contributed by atoms with Crippen molar-refractivity contribution >= 4 is 24.4 Å². The first-order valence-electron chi connectivity index (χ1n) is 6.16. The van der Waals surface area contributed by atoms with Crippen molar-refractivity contribution in [2.24, 2.45) is 5.92 Å². The lowest BCUT2D eigenvalue weighted by molar-refractivity contribution is -0.141. The molecule has 1 fully saturated rings. The highest BCUT2D eigenvalue weighted by Gasteiger charge is 2.25. The maximum absolute atomic E-state index is 11.8. The first-order chi connectivity index (χ1) is 7.91. The molecule has 1 rings (SSSR count). The Morgan fingerprint density at radius 2 is 1.53 bits per heavy atom. The monoisotopic (exact) mass is 258 g/mol. The third-order valence-corrected chi connectivity index (χ3v) is 3.09. The van der Waals surface area contributed by atoms with E-state index in [9.17, 15) is 9.59 Å². The molecule has 1 atom stereocenters. The van der Waals surface area contributed by atoms with Crippen molar-refractivity contribution in [3.8, 4) is 0 Å². The second-order valence-electron chi connectivity index (χ2n) is 4.91. The predicted octanol–water partition coefficient (Wildman–Crippen LogP) is 1.02. The number of rotatable bonds is 3. The molecule has 1 saturated heterocycles. The van der Waals surface area contributed by atoms with Gasteiger partial charge in [-0.05, 0) is 0 Å². The van der Waals surface area contributed by atoms with E-state index in [1.54, 1.807) is 0 Å². The third kappa shape index (κ3) is 4.22. The van der Waals surface area contributed by atoms with Crippen molar-refractivity contribution in [2.45, 2.75) is 32.4 Å². The summed E-state index contributed by atoms with van der Waals surface area (Å²) in [5, 5.41) is 0.0952. The van der Waals surface area contributed by atoms with Gasteiger partial charge >= 0.3 is 0 Å². The highest BCUT2D eigenvalue weighted by molar-refractivity contribution is 7.80. The molecule has 0 aromatic heterocycles. The van der Waals surface area contributed by atoms with Crippen molar-refractivity contribution in [1.29, 1.82) is 0 Å². The summed E-state index contributed by atoms with van der Waals surface area (Å²) >= 11 is 4.22. The van der Waals surface area contributed by atoms with Crippen LogP contribution in [0.3, 0.4) is 0 Å². The first kappa shape index (κ1) is 14.4. The molecular weight excluding hydrogens is 236 g/mol. The number of hydrogen-bond donors (Lipinski definition) is 1. The lowest BCUT2D eigenvalue weighted by atomic mass is 10.1. The van der Waals surface area contributed by atoms with Gasteiger partial charge < -0.3 is 9.80 Å². The van der Waals surface area contributed by atoms with Crippen molar-refractivity contribution in [1.82, 2.24) is 9.80 Å². The summed E-state index contributed by atoms with van der Waals surface area (Å²) in [5.74, 6) is 0.360. The highest BCUT2D eigenvalue weighted by Crippen LogP contribution is 2.10. The van der Waals surface area contributed by atoms with E-state index in [1.165, 1.54) is 0 Å². The Bertz CT molecular complexity index is 284. The minimum Gasteiger partial charge on any atom is -0.339 e. The number of hydrogen-bond acceptors (Lipinski definition) is 3. The van der Waals surface area contributed by atoms with Gasteiger partial charge in [0.05, 0.1) is 0 Å². The van der Waals surface area contributed by atoms with E-state index in [-0.39, 0.29) is 23.0 Å². The molecule has 2 amide bonds. The Kier molecular flexibility index (Phi) is 5.31. The molecule has 0 spiro atoms. The van der Waals surface area contributed by atoms with Crippen LogP contribution in [0.15, 0.2) is 0 Å². The second kappa shape index (κ2) is 6.28. The van der Waals surface area contributed by atoms with Crippen LogP contribution in [0.5, 0.6) is 0 Å². The molecule has 0 aliphatic carbocycles. The highest BCUT2D eigenvalue weighted by atomic mass is 32.1. The van der Waals surface area contributed by atoms with Crippen molar-refractivity contribution in [2.75, 3.05) is 26.2 Å². The minimum absolute atomic E-state index is 0.0368. The van der Waals surface area contributed by atoms with Crippen LogP contribution in [-0.4, -0.2) is 53.0 Å². The van der Waals surface area contributed by atoms with Crippen molar-refractivity contribution in [3.63, 3.8) is 0 Å². The third-order valence-electron chi connectivity index (χ3n) is 2.91. The van der Waals surface area contributed by atoms with Crippen LogP contribution in [-0.2, 0) is 9.59 Å². The Morgan fingerprint density at radius 1 is 1.06 bits per heavy atom.